The smallest absolute Gasteiger partial charge is 0.358 e. The van der Waals surface area contributed by atoms with Gasteiger partial charge in [0.15, 0.2) is 0 Å². The summed E-state index contributed by atoms with van der Waals surface area (Å²) < 4.78 is 14.2. The van der Waals surface area contributed by atoms with Crippen molar-refractivity contribution < 1.29 is 9.13 Å². The fourth-order valence-corrected chi connectivity index (χ4v) is 2.44. The lowest BCUT2D eigenvalue weighted by atomic mass is 10.5. The summed E-state index contributed by atoms with van der Waals surface area (Å²) in [5.74, 6) is -0.191. The summed E-state index contributed by atoms with van der Waals surface area (Å²) in [6.45, 7) is 0. The highest BCUT2D eigenvalue weighted by atomic mass is 32.2. The van der Waals surface area contributed by atoms with Gasteiger partial charge in [0.05, 0.1) is 17.0 Å². The topological polar surface area (TPSA) is 108 Å². The number of hydrogen-bond donors (Lipinski definition) is 0. The molecule has 102 valence electrons. The van der Waals surface area contributed by atoms with Gasteiger partial charge in [-0.05, 0) is 11.0 Å². The molecule has 0 fully saturated rings. The number of rotatable bonds is 3. The van der Waals surface area contributed by atoms with Crippen molar-refractivity contribution in [2.45, 2.75) is 5.16 Å². The molecule has 0 aliphatic rings. The maximum Gasteiger partial charge on any atom is 0.373 e. The van der Waals surface area contributed by atoms with Crippen LogP contribution < -0.4 is 0 Å². The van der Waals surface area contributed by atoms with Gasteiger partial charge >= 0.3 is 5.82 Å². The fourth-order valence-electron chi connectivity index (χ4n) is 1.87. The number of nitrogens with zero attached hydrogens (tertiary/aromatic N) is 6. The molecule has 0 aliphatic heterocycles. The first kappa shape index (κ1) is 12.4. The van der Waals surface area contributed by atoms with Crippen molar-refractivity contribution in [1.82, 2.24) is 24.1 Å². The van der Waals surface area contributed by atoms with Crippen LogP contribution in [0.2, 0.25) is 0 Å². The molecule has 3 heterocycles. The Labute approximate surface area is 114 Å². The van der Waals surface area contributed by atoms with E-state index < -0.39 is 15.7 Å². The number of imidazole rings is 1. The summed E-state index contributed by atoms with van der Waals surface area (Å²) in [5, 5.41) is 18.7. The van der Waals surface area contributed by atoms with Crippen molar-refractivity contribution in [2.24, 2.45) is 0 Å². The van der Waals surface area contributed by atoms with Crippen LogP contribution in [-0.4, -0.2) is 39.5 Å². The minimum Gasteiger partial charge on any atom is -0.358 e. The highest BCUT2D eigenvalue weighted by Crippen LogP contribution is 2.25. The maximum absolute atomic E-state index is 11.6. The minimum atomic E-state index is -1.44. The number of aromatic nitrogens is 5. The molecule has 0 saturated carbocycles. The third-order valence-electron chi connectivity index (χ3n) is 2.66. The van der Waals surface area contributed by atoms with Crippen LogP contribution in [0.5, 0.6) is 0 Å². The average molecular weight is 292 g/mol. The van der Waals surface area contributed by atoms with Crippen LogP contribution in [0.15, 0.2) is 35.9 Å². The zero-order valence-corrected chi connectivity index (χ0v) is 11.0. The summed E-state index contributed by atoms with van der Waals surface area (Å²) in [4.78, 5) is 14.9. The Balaban J connectivity index is 2.36. The van der Waals surface area contributed by atoms with Crippen molar-refractivity contribution >= 4 is 22.3 Å². The van der Waals surface area contributed by atoms with E-state index in [1.165, 1.54) is 27.7 Å². The van der Waals surface area contributed by atoms with E-state index in [4.69, 9.17) is 0 Å². The van der Waals surface area contributed by atoms with Gasteiger partial charge in [-0.2, -0.15) is 9.38 Å². The molecule has 3 rings (SSSR count). The lowest BCUT2D eigenvalue weighted by molar-refractivity contribution is -0.390. The van der Waals surface area contributed by atoms with E-state index in [1.54, 1.807) is 18.2 Å². The van der Waals surface area contributed by atoms with Crippen LogP contribution in [-0.2, 0) is 10.8 Å². The molecule has 0 spiro atoms. The minimum absolute atomic E-state index is 0.0383. The first-order chi connectivity index (χ1) is 9.59. The van der Waals surface area contributed by atoms with Crippen LogP contribution in [0, 0.1) is 10.1 Å². The molecule has 0 bridgehead atoms. The monoisotopic (exact) mass is 292 g/mol. The number of fused-ring (bicyclic) bond motifs is 1. The Kier molecular flexibility index (Phi) is 2.79. The SMILES string of the molecule is C[S@](=O)c1nncn1-c1nc2ccccn2c1[N+](=O)[O-]. The molecular weight excluding hydrogens is 284 g/mol. The van der Waals surface area contributed by atoms with Crippen molar-refractivity contribution in [3.63, 3.8) is 0 Å². The zero-order chi connectivity index (χ0) is 14.3. The molecule has 0 N–H and O–H groups in total. The molecule has 0 amide bonds. The van der Waals surface area contributed by atoms with Crippen LogP contribution in [0.3, 0.4) is 0 Å². The van der Waals surface area contributed by atoms with E-state index >= 15 is 0 Å². The summed E-state index contributed by atoms with van der Waals surface area (Å²) >= 11 is 0. The molecule has 20 heavy (non-hydrogen) atoms. The number of hydrogen-bond acceptors (Lipinski definition) is 6. The van der Waals surface area contributed by atoms with Crippen molar-refractivity contribution in [3.8, 4) is 5.82 Å². The third-order valence-corrected chi connectivity index (χ3v) is 3.45. The predicted octanol–water partition coefficient (Wildman–Crippen LogP) is 0.561. The van der Waals surface area contributed by atoms with Gasteiger partial charge in [-0.15, -0.1) is 10.2 Å². The zero-order valence-electron chi connectivity index (χ0n) is 10.2. The molecule has 1 atom stereocenters. The predicted molar refractivity (Wildman–Crippen MR) is 69.1 cm³/mol. The van der Waals surface area contributed by atoms with Gasteiger partial charge in [0.1, 0.15) is 6.33 Å². The van der Waals surface area contributed by atoms with Crippen molar-refractivity contribution in [2.75, 3.05) is 6.26 Å². The molecular formula is C10H8N6O3S. The van der Waals surface area contributed by atoms with Crippen molar-refractivity contribution in [1.29, 1.82) is 0 Å². The third kappa shape index (κ3) is 1.77. The molecule has 0 radical (unpaired) electrons. The fraction of sp³-hybridized carbons (Fsp3) is 0.100. The molecule has 0 aliphatic carbocycles. The Hall–Kier alpha value is -2.62. The highest BCUT2D eigenvalue weighted by molar-refractivity contribution is 7.84. The van der Waals surface area contributed by atoms with Gasteiger partial charge in [-0.3, -0.25) is 8.78 Å². The summed E-state index contributed by atoms with van der Waals surface area (Å²) in [7, 11) is -1.44. The largest absolute Gasteiger partial charge is 0.373 e. The van der Waals surface area contributed by atoms with Crippen LogP contribution in [0.4, 0.5) is 5.82 Å². The molecule has 10 heteroatoms. The summed E-state index contributed by atoms with van der Waals surface area (Å²) in [5.41, 5.74) is 0.413. The van der Waals surface area contributed by atoms with Gasteiger partial charge < -0.3 is 10.1 Å². The molecule has 3 aromatic rings. The van der Waals surface area contributed by atoms with Gasteiger partial charge in [0.25, 0.3) is 0 Å². The van der Waals surface area contributed by atoms with Gasteiger partial charge in [-0.1, -0.05) is 6.07 Å². The second kappa shape index (κ2) is 4.49. The standard InChI is InChI=1S/C10H8N6O3S/c1-20(19)10-13-11-6-15(10)8-9(16(17)18)14-5-3-2-4-7(14)12-8/h2-6H,1H3/t20-/m0/s1. The second-order valence-corrected chi connectivity index (χ2v) is 5.16. The average Bonchev–Trinajstić information content (AvgIpc) is 3.02. The highest BCUT2D eigenvalue weighted by Gasteiger charge is 2.26. The maximum atomic E-state index is 11.6. The first-order valence-electron chi connectivity index (χ1n) is 5.45. The lowest BCUT2D eigenvalue weighted by Gasteiger charge is -2.00. The molecule has 0 aromatic carbocycles. The second-order valence-electron chi connectivity index (χ2n) is 3.88. The van der Waals surface area contributed by atoms with E-state index in [2.05, 4.69) is 15.2 Å². The first-order valence-corrected chi connectivity index (χ1v) is 7.00. The lowest BCUT2D eigenvalue weighted by Crippen LogP contribution is -2.05. The quantitative estimate of drug-likeness (QED) is 0.515. The van der Waals surface area contributed by atoms with Crippen molar-refractivity contribution in [3.05, 3.63) is 40.8 Å². The Morgan fingerprint density at radius 3 is 2.90 bits per heavy atom. The summed E-state index contributed by atoms with van der Waals surface area (Å²) in [6, 6.07) is 5.03. The number of nitro groups is 1. The molecule has 9 nitrogen and oxygen atoms in total. The van der Waals surface area contributed by atoms with Crippen LogP contribution in [0.1, 0.15) is 0 Å². The van der Waals surface area contributed by atoms with E-state index in [1.807, 2.05) is 0 Å². The Bertz CT molecular complexity index is 839. The van der Waals surface area contributed by atoms with Crippen LogP contribution >= 0.6 is 0 Å². The van der Waals surface area contributed by atoms with E-state index in [-0.39, 0.29) is 16.8 Å². The Morgan fingerprint density at radius 2 is 2.20 bits per heavy atom. The van der Waals surface area contributed by atoms with E-state index in [0.717, 1.165) is 0 Å². The number of pyridine rings is 1. The van der Waals surface area contributed by atoms with Gasteiger partial charge in [0.2, 0.25) is 16.6 Å². The molecule has 0 saturated heterocycles. The van der Waals surface area contributed by atoms with Gasteiger partial charge in [0, 0.05) is 12.3 Å². The molecule has 3 aromatic heterocycles. The normalized spacial score (nSPS) is 12.7. The summed E-state index contributed by atoms with van der Waals surface area (Å²) in [6.07, 6.45) is 4.21. The van der Waals surface area contributed by atoms with E-state index in [0.29, 0.717) is 5.65 Å². The van der Waals surface area contributed by atoms with Gasteiger partial charge in [-0.25, -0.2) is 0 Å². The van der Waals surface area contributed by atoms with Crippen LogP contribution in [0.25, 0.3) is 11.5 Å². The Morgan fingerprint density at radius 1 is 1.40 bits per heavy atom. The van der Waals surface area contributed by atoms with E-state index in [9.17, 15) is 14.3 Å². The molecule has 0 unspecified atom stereocenters.